The lowest BCUT2D eigenvalue weighted by atomic mass is 9.97. The van der Waals surface area contributed by atoms with Gasteiger partial charge in [-0.05, 0) is 81.2 Å². The third kappa shape index (κ3) is 5.24. The summed E-state index contributed by atoms with van der Waals surface area (Å²) in [6.07, 6.45) is 0. The second kappa shape index (κ2) is 12.9. The van der Waals surface area contributed by atoms with E-state index in [1.807, 2.05) is 11.3 Å². The van der Waals surface area contributed by atoms with Crippen molar-refractivity contribution in [1.82, 2.24) is 0 Å². The number of nitrogens with zero attached hydrogens (tertiary/aromatic N) is 1. The molecule has 2 nitrogen and oxygen atoms in total. The van der Waals surface area contributed by atoms with E-state index in [-0.39, 0.29) is 0 Å². The monoisotopic (exact) mass is 719 g/mol. The van der Waals surface area contributed by atoms with Gasteiger partial charge in [0.2, 0.25) is 0 Å². The van der Waals surface area contributed by atoms with E-state index in [1.54, 1.807) is 0 Å². The van der Waals surface area contributed by atoms with Gasteiger partial charge in [0, 0.05) is 53.4 Å². The molecule has 11 rings (SSSR count). The van der Waals surface area contributed by atoms with Gasteiger partial charge in [-0.3, -0.25) is 0 Å². The van der Waals surface area contributed by atoms with Crippen molar-refractivity contribution in [2.45, 2.75) is 0 Å². The topological polar surface area (TPSA) is 16.4 Å². The van der Waals surface area contributed by atoms with Crippen molar-refractivity contribution in [3.8, 4) is 33.4 Å². The summed E-state index contributed by atoms with van der Waals surface area (Å²) in [6, 6.07) is 71.8. The Balaban J connectivity index is 1.04. The van der Waals surface area contributed by atoms with Crippen LogP contribution < -0.4 is 4.90 Å². The van der Waals surface area contributed by atoms with Crippen LogP contribution in [0.15, 0.2) is 205 Å². The lowest BCUT2D eigenvalue weighted by molar-refractivity contribution is 0.673. The van der Waals surface area contributed by atoms with E-state index in [1.165, 1.54) is 69.7 Å². The molecule has 0 aliphatic heterocycles. The maximum atomic E-state index is 6.55. The molecule has 0 spiro atoms. The number of para-hydroxylation sites is 1. The normalized spacial score (nSPS) is 11.6. The standard InChI is InChI=1S/C52H33NOS/c1-3-12-34(13-4-1)36-22-28-39(29-23-36)53(40-30-24-37(25-31-40)35-14-5-2-6-15-35)41-32-26-38(27-33-41)42-19-11-20-46-48-43-16-7-8-17-44(43)50-49(52(48)55-51(42)46)45-18-9-10-21-47(45)54-50/h1-33H. The van der Waals surface area contributed by atoms with Crippen LogP contribution in [0.1, 0.15) is 0 Å². The van der Waals surface area contributed by atoms with Gasteiger partial charge in [0.1, 0.15) is 11.2 Å². The van der Waals surface area contributed by atoms with E-state index in [0.29, 0.717) is 0 Å². The molecule has 11 aromatic rings. The molecule has 0 aliphatic rings. The first kappa shape index (κ1) is 31.6. The quantitative estimate of drug-likeness (QED) is 0.170. The van der Waals surface area contributed by atoms with Crippen LogP contribution in [0.4, 0.5) is 17.1 Å². The summed E-state index contributed by atoms with van der Waals surface area (Å²) < 4.78 is 9.12. The highest BCUT2D eigenvalue weighted by atomic mass is 32.1. The van der Waals surface area contributed by atoms with Crippen LogP contribution in [0.5, 0.6) is 0 Å². The van der Waals surface area contributed by atoms with E-state index in [4.69, 9.17) is 4.42 Å². The van der Waals surface area contributed by atoms with Crippen molar-refractivity contribution in [2.75, 3.05) is 4.90 Å². The highest BCUT2D eigenvalue weighted by molar-refractivity contribution is 7.27. The zero-order valence-electron chi connectivity index (χ0n) is 29.8. The molecule has 2 aromatic heterocycles. The van der Waals surface area contributed by atoms with Crippen LogP contribution in [0, 0.1) is 0 Å². The Hall–Kier alpha value is -6.94. The van der Waals surface area contributed by atoms with Crippen molar-refractivity contribution in [1.29, 1.82) is 0 Å². The van der Waals surface area contributed by atoms with Gasteiger partial charge in [0.25, 0.3) is 0 Å². The fraction of sp³-hybridized carbons (Fsp3) is 0. The van der Waals surface area contributed by atoms with Crippen molar-refractivity contribution >= 4 is 81.3 Å². The van der Waals surface area contributed by atoms with Gasteiger partial charge >= 0.3 is 0 Å². The molecule has 3 heteroatoms. The number of hydrogen-bond acceptors (Lipinski definition) is 3. The predicted molar refractivity (Wildman–Crippen MR) is 235 cm³/mol. The molecule has 0 atom stereocenters. The third-order valence-electron chi connectivity index (χ3n) is 10.9. The van der Waals surface area contributed by atoms with Gasteiger partial charge in [-0.2, -0.15) is 0 Å². The molecular formula is C52H33NOS. The molecule has 55 heavy (non-hydrogen) atoms. The third-order valence-corrected chi connectivity index (χ3v) is 12.1. The van der Waals surface area contributed by atoms with Crippen LogP contribution in [-0.2, 0) is 0 Å². The van der Waals surface area contributed by atoms with E-state index < -0.39 is 0 Å². The Bertz CT molecular complexity index is 3080. The Labute approximate surface area is 322 Å². The molecular weight excluding hydrogens is 687 g/mol. The summed E-state index contributed by atoms with van der Waals surface area (Å²) in [5.41, 5.74) is 12.5. The van der Waals surface area contributed by atoms with Crippen LogP contribution in [-0.4, -0.2) is 0 Å². The molecule has 9 aromatic carbocycles. The molecule has 0 radical (unpaired) electrons. The molecule has 0 saturated carbocycles. The summed E-state index contributed by atoms with van der Waals surface area (Å²) in [7, 11) is 0. The summed E-state index contributed by atoms with van der Waals surface area (Å²) >= 11 is 1.88. The van der Waals surface area contributed by atoms with Crippen molar-refractivity contribution < 1.29 is 4.42 Å². The fourth-order valence-electron chi connectivity index (χ4n) is 8.25. The van der Waals surface area contributed by atoms with Gasteiger partial charge in [0.15, 0.2) is 0 Å². The molecule has 0 bridgehead atoms. The van der Waals surface area contributed by atoms with Crippen LogP contribution in [0.2, 0.25) is 0 Å². The fourth-order valence-corrected chi connectivity index (χ4v) is 9.66. The van der Waals surface area contributed by atoms with E-state index >= 15 is 0 Å². The minimum atomic E-state index is 0.928. The van der Waals surface area contributed by atoms with Gasteiger partial charge in [-0.25, -0.2) is 0 Å². The van der Waals surface area contributed by atoms with E-state index in [9.17, 15) is 0 Å². The Morgan fingerprint density at radius 3 is 1.40 bits per heavy atom. The number of thiophene rings is 1. The zero-order chi connectivity index (χ0) is 36.3. The van der Waals surface area contributed by atoms with Gasteiger partial charge in [0.05, 0.1) is 0 Å². The molecule has 0 amide bonds. The Morgan fingerprint density at radius 2 is 0.800 bits per heavy atom. The van der Waals surface area contributed by atoms with Crippen molar-refractivity contribution in [3.05, 3.63) is 200 Å². The second-order valence-electron chi connectivity index (χ2n) is 14.0. The Kier molecular flexibility index (Phi) is 7.39. The number of rotatable bonds is 6. The number of fused-ring (bicyclic) bond motifs is 10. The lowest BCUT2D eigenvalue weighted by Crippen LogP contribution is -2.09. The average molecular weight is 720 g/mol. The molecule has 0 fully saturated rings. The molecule has 0 N–H and O–H groups in total. The first-order valence-corrected chi connectivity index (χ1v) is 19.5. The number of hydrogen-bond donors (Lipinski definition) is 0. The maximum Gasteiger partial charge on any atom is 0.144 e. The summed E-state index contributed by atoms with van der Waals surface area (Å²) in [6.45, 7) is 0. The lowest BCUT2D eigenvalue weighted by Gasteiger charge is -2.26. The number of anilines is 3. The first-order valence-electron chi connectivity index (χ1n) is 18.7. The van der Waals surface area contributed by atoms with E-state index in [2.05, 4.69) is 205 Å². The minimum Gasteiger partial charge on any atom is -0.455 e. The summed E-state index contributed by atoms with van der Waals surface area (Å²) in [4.78, 5) is 2.35. The minimum absolute atomic E-state index is 0.928. The average Bonchev–Trinajstić information content (AvgIpc) is 3.85. The number of benzene rings is 9. The smallest absolute Gasteiger partial charge is 0.144 e. The van der Waals surface area contributed by atoms with Crippen LogP contribution in [0.3, 0.4) is 0 Å². The van der Waals surface area contributed by atoms with Crippen LogP contribution in [0.25, 0.3) is 86.3 Å². The van der Waals surface area contributed by atoms with E-state index in [0.717, 1.165) is 33.6 Å². The second-order valence-corrected chi connectivity index (χ2v) is 15.1. The summed E-state index contributed by atoms with van der Waals surface area (Å²) in [5, 5.41) is 7.35. The molecule has 0 saturated heterocycles. The highest BCUT2D eigenvalue weighted by Gasteiger charge is 2.21. The van der Waals surface area contributed by atoms with Gasteiger partial charge in [-0.15, -0.1) is 11.3 Å². The van der Waals surface area contributed by atoms with Gasteiger partial charge in [-0.1, -0.05) is 158 Å². The molecule has 2 heterocycles. The largest absolute Gasteiger partial charge is 0.455 e. The van der Waals surface area contributed by atoms with Crippen molar-refractivity contribution in [3.63, 3.8) is 0 Å². The maximum absolute atomic E-state index is 6.55. The molecule has 258 valence electrons. The summed E-state index contributed by atoms with van der Waals surface area (Å²) in [5.74, 6) is 0. The number of furan rings is 1. The highest BCUT2D eigenvalue weighted by Crippen LogP contribution is 2.49. The van der Waals surface area contributed by atoms with Crippen LogP contribution >= 0.6 is 11.3 Å². The van der Waals surface area contributed by atoms with Crippen molar-refractivity contribution in [2.24, 2.45) is 0 Å². The predicted octanol–water partition coefficient (Wildman–Crippen LogP) is 15.6. The first-order chi connectivity index (χ1) is 27.3. The Morgan fingerprint density at radius 1 is 0.327 bits per heavy atom. The molecule has 0 unspecified atom stereocenters. The SMILES string of the molecule is c1ccc(-c2ccc(N(c3ccc(-c4ccccc4)cc3)c3ccc(-c4cccc5c4sc4c5c5ccccc5c5oc6ccccc6c54)cc3)cc2)cc1. The molecule has 0 aliphatic carbocycles. The zero-order valence-corrected chi connectivity index (χ0v) is 30.6. The van der Waals surface area contributed by atoms with Gasteiger partial charge < -0.3 is 9.32 Å².